The molecule has 0 spiro atoms. The van der Waals surface area contributed by atoms with Crippen LogP contribution in [-0.4, -0.2) is 16.7 Å². The molecule has 2 N–H and O–H groups in total. The summed E-state index contributed by atoms with van der Waals surface area (Å²) in [6.07, 6.45) is -0.176. The fraction of sp³-hybridized carbons (Fsp3) is 0.308. The van der Waals surface area contributed by atoms with Gasteiger partial charge in [0.15, 0.2) is 0 Å². The van der Waals surface area contributed by atoms with Gasteiger partial charge < -0.3 is 5.32 Å². The molecule has 2 aromatic rings. The van der Waals surface area contributed by atoms with Crippen LogP contribution in [0.25, 0.3) is 0 Å². The van der Waals surface area contributed by atoms with E-state index in [9.17, 15) is 13.2 Å². The standard InChI is InChI=1S/C13H12F3N3/c14-13(15,16)11-3-1-2-10-9(4-5-17-12(10)11)8-6-18-19-7-8/h1-3,6-7,9,17H,4-5H2,(H,18,19). The van der Waals surface area contributed by atoms with Crippen molar-refractivity contribution in [2.45, 2.75) is 18.5 Å². The Hall–Kier alpha value is -1.98. The van der Waals surface area contributed by atoms with E-state index in [4.69, 9.17) is 0 Å². The predicted octanol–water partition coefficient (Wildman–Crippen LogP) is 3.38. The van der Waals surface area contributed by atoms with Gasteiger partial charge in [0.2, 0.25) is 0 Å². The summed E-state index contributed by atoms with van der Waals surface area (Å²) in [5.41, 5.74) is 1.20. The Morgan fingerprint density at radius 3 is 2.79 bits per heavy atom. The van der Waals surface area contributed by atoms with Gasteiger partial charge in [0.1, 0.15) is 0 Å². The van der Waals surface area contributed by atoms with Gasteiger partial charge in [-0.2, -0.15) is 18.3 Å². The van der Waals surface area contributed by atoms with E-state index < -0.39 is 11.7 Å². The van der Waals surface area contributed by atoms with Crippen LogP contribution in [-0.2, 0) is 6.18 Å². The lowest BCUT2D eigenvalue weighted by Gasteiger charge is -2.28. The summed E-state index contributed by atoms with van der Waals surface area (Å²) in [4.78, 5) is 0. The van der Waals surface area contributed by atoms with E-state index in [-0.39, 0.29) is 11.6 Å². The number of aromatic amines is 1. The number of fused-ring (bicyclic) bond motifs is 1. The first-order valence-corrected chi connectivity index (χ1v) is 6.00. The Morgan fingerprint density at radius 1 is 1.26 bits per heavy atom. The molecule has 100 valence electrons. The summed E-state index contributed by atoms with van der Waals surface area (Å²) in [5, 5.41) is 9.46. The fourth-order valence-electron chi connectivity index (χ4n) is 2.59. The molecular formula is C13H12F3N3. The molecule has 2 heterocycles. The predicted molar refractivity (Wildman–Crippen MR) is 65.0 cm³/mol. The molecule has 1 aliphatic heterocycles. The number of H-pyrrole nitrogens is 1. The van der Waals surface area contributed by atoms with Gasteiger partial charge in [-0.05, 0) is 23.6 Å². The average molecular weight is 267 g/mol. The normalized spacial score (nSPS) is 18.8. The number of benzene rings is 1. The van der Waals surface area contributed by atoms with Gasteiger partial charge in [0.05, 0.1) is 17.4 Å². The van der Waals surface area contributed by atoms with Gasteiger partial charge >= 0.3 is 6.18 Å². The molecule has 6 heteroatoms. The van der Waals surface area contributed by atoms with Crippen molar-refractivity contribution in [1.29, 1.82) is 0 Å². The van der Waals surface area contributed by atoms with Gasteiger partial charge in [-0.15, -0.1) is 0 Å². The molecule has 0 aliphatic carbocycles. The lowest BCUT2D eigenvalue weighted by molar-refractivity contribution is -0.137. The first kappa shape index (κ1) is 12.1. The summed E-state index contributed by atoms with van der Waals surface area (Å²) in [6, 6.07) is 4.32. The number of anilines is 1. The van der Waals surface area contributed by atoms with Crippen molar-refractivity contribution < 1.29 is 13.2 Å². The third-order valence-electron chi connectivity index (χ3n) is 3.43. The molecule has 0 fully saturated rings. The summed E-state index contributed by atoms with van der Waals surface area (Å²) < 4.78 is 39.0. The molecule has 0 saturated heterocycles. The zero-order valence-corrected chi connectivity index (χ0v) is 9.96. The van der Waals surface area contributed by atoms with Crippen LogP contribution in [0.15, 0.2) is 30.6 Å². The van der Waals surface area contributed by atoms with E-state index in [1.165, 1.54) is 6.07 Å². The minimum atomic E-state index is -4.34. The number of halogens is 3. The second kappa shape index (κ2) is 4.29. The van der Waals surface area contributed by atoms with E-state index in [1.54, 1.807) is 18.5 Å². The lowest BCUT2D eigenvalue weighted by atomic mass is 9.85. The number of alkyl halides is 3. The van der Waals surface area contributed by atoms with Crippen LogP contribution in [0.3, 0.4) is 0 Å². The third kappa shape index (κ3) is 2.07. The molecule has 3 nitrogen and oxygen atoms in total. The molecule has 1 aromatic carbocycles. The van der Waals surface area contributed by atoms with Crippen LogP contribution in [0.4, 0.5) is 18.9 Å². The Balaban J connectivity index is 2.11. The van der Waals surface area contributed by atoms with Crippen LogP contribution < -0.4 is 5.32 Å². The Labute approximate surface area is 107 Å². The summed E-state index contributed by atoms with van der Waals surface area (Å²) >= 11 is 0. The van der Waals surface area contributed by atoms with E-state index in [2.05, 4.69) is 15.5 Å². The molecular weight excluding hydrogens is 255 g/mol. The smallest absolute Gasteiger partial charge is 0.384 e. The average Bonchev–Trinajstić information content (AvgIpc) is 2.90. The van der Waals surface area contributed by atoms with Crippen LogP contribution in [0.2, 0.25) is 0 Å². The minimum Gasteiger partial charge on any atom is -0.384 e. The molecule has 0 saturated carbocycles. The first-order valence-electron chi connectivity index (χ1n) is 6.00. The number of nitrogens with one attached hydrogen (secondary N) is 2. The Morgan fingerprint density at radius 2 is 2.11 bits per heavy atom. The summed E-state index contributed by atoms with van der Waals surface area (Å²) in [7, 11) is 0. The minimum absolute atomic E-state index is 0.0442. The highest BCUT2D eigenvalue weighted by Gasteiger charge is 2.36. The van der Waals surface area contributed by atoms with Crippen molar-refractivity contribution in [2.75, 3.05) is 11.9 Å². The van der Waals surface area contributed by atoms with Crippen molar-refractivity contribution in [3.8, 4) is 0 Å². The second-order valence-electron chi connectivity index (χ2n) is 4.57. The van der Waals surface area contributed by atoms with E-state index >= 15 is 0 Å². The monoisotopic (exact) mass is 267 g/mol. The van der Waals surface area contributed by atoms with Crippen LogP contribution in [0.1, 0.15) is 29.0 Å². The summed E-state index contributed by atoms with van der Waals surface area (Å²) in [6.45, 7) is 0.524. The number of hydrogen-bond donors (Lipinski definition) is 2. The van der Waals surface area contributed by atoms with Crippen LogP contribution in [0.5, 0.6) is 0 Å². The third-order valence-corrected chi connectivity index (χ3v) is 3.43. The molecule has 0 bridgehead atoms. The van der Waals surface area contributed by atoms with Crippen LogP contribution in [0, 0.1) is 0 Å². The molecule has 1 atom stereocenters. The maximum atomic E-state index is 13.0. The SMILES string of the molecule is FC(F)(F)c1cccc2c1NCCC2c1cn[nH]c1. The number of nitrogens with zero attached hydrogens (tertiary/aromatic N) is 1. The van der Waals surface area contributed by atoms with Crippen LogP contribution >= 0.6 is 0 Å². The summed E-state index contributed by atoms with van der Waals surface area (Å²) in [5.74, 6) is -0.0442. The van der Waals surface area contributed by atoms with Crippen molar-refractivity contribution in [3.63, 3.8) is 0 Å². The van der Waals surface area contributed by atoms with Crippen molar-refractivity contribution >= 4 is 5.69 Å². The maximum Gasteiger partial charge on any atom is 0.418 e. The van der Waals surface area contributed by atoms with Crippen molar-refractivity contribution in [3.05, 3.63) is 47.3 Å². The highest BCUT2D eigenvalue weighted by molar-refractivity contribution is 5.63. The molecule has 1 unspecified atom stereocenters. The van der Waals surface area contributed by atoms with Gasteiger partial charge in [0, 0.05) is 18.7 Å². The second-order valence-corrected chi connectivity index (χ2v) is 4.57. The fourth-order valence-corrected chi connectivity index (χ4v) is 2.59. The topological polar surface area (TPSA) is 40.7 Å². The Bertz CT molecular complexity index is 575. The van der Waals surface area contributed by atoms with Gasteiger partial charge in [-0.1, -0.05) is 12.1 Å². The zero-order chi connectivity index (χ0) is 13.5. The number of aromatic nitrogens is 2. The number of rotatable bonds is 1. The first-order chi connectivity index (χ1) is 9.07. The van der Waals surface area contributed by atoms with Gasteiger partial charge in [-0.25, -0.2) is 0 Å². The largest absolute Gasteiger partial charge is 0.418 e. The molecule has 3 rings (SSSR count). The molecule has 0 radical (unpaired) electrons. The number of hydrogen-bond acceptors (Lipinski definition) is 2. The number of para-hydroxylation sites is 1. The van der Waals surface area contributed by atoms with E-state index in [0.29, 0.717) is 12.1 Å². The molecule has 0 amide bonds. The highest BCUT2D eigenvalue weighted by atomic mass is 19.4. The van der Waals surface area contributed by atoms with Crippen molar-refractivity contribution in [1.82, 2.24) is 10.2 Å². The van der Waals surface area contributed by atoms with E-state index in [1.807, 2.05) is 0 Å². The zero-order valence-electron chi connectivity index (χ0n) is 9.96. The van der Waals surface area contributed by atoms with Gasteiger partial charge in [0.25, 0.3) is 0 Å². The highest BCUT2D eigenvalue weighted by Crippen LogP contribution is 2.43. The maximum absolute atomic E-state index is 13.0. The lowest BCUT2D eigenvalue weighted by Crippen LogP contribution is -2.21. The molecule has 1 aromatic heterocycles. The quantitative estimate of drug-likeness (QED) is 0.831. The molecule has 19 heavy (non-hydrogen) atoms. The Kier molecular flexibility index (Phi) is 2.73. The van der Waals surface area contributed by atoms with Gasteiger partial charge in [-0.3, -0.25) is 5.10 Å². The van der Waals surface area contributed by atoms with Crippen molar-refractivity contribution in [2.24, 2.45) is 0 Å². The molecule has 1 aliphatic rings. The van der Waals surface area contributed by atoms with E-state index in [0.717, 1.165) is 18.1 Å².